The largest absolute Gasteiger partial charge is 0.445 e. The van der Waals surface area contributed by atoms with Crippen molar-refractivity contribution in [2.45, 2.75) is 97.1 Å². The predicted octanol–water partition coefficient (Wildman–Crippen LogP) is 3.68. The maximum atomic E-state index is 13.0. The summed E-state index contributed by atoms with van der Waals surface area (Å²) in [6.07, 6.45) is 1.83. The monoisotopic (exact) mass is 700 g/mol. The molecule has 1 N–H and O–H groups in total. The molecule has 2 atom stereocenters. The van der Waals surface area contributed by atoms with Crippen molar-refractivity contribution in [1.82, 2.24) is 29.8 Å². The minimum Gasteiger partial charge on any atom is -0.445 e. The summed E-state index contributed by atoms with van der Waals surface area (Å²) in [6.45, 7) is 17.1. The number of nitrogens with zero attached hydrogens (tertiary/aromatic N) is 5. The second-order valence-corrected chi connectivity index (χ2v) is 15.1. The average Bonchev–Trinajstić information content (AvgIpc) is 3.78. The first kappa shape index (κ1) is 38.7. The number of hydrogen-bond acceptors (Lipinski definition) is 9. The van der Waals surface area contributed by atoms with Crippen LogP contribution in [0.5, 0.6) is 0 Å². The lowest BCUT2D eigenvalue weighted by molar-refractivity contribution is -0.137. The highest BCUT2D eigenvalue weighted by atomic mass is 16.6. The van der Waals surface area contributed by atoms with Gasteiger partial charge in [-0.2, -0.15) is 0 Å². The SMILES string of the molecule is CC(C)(C)OC(=O)N1CCC[C@@H]1C(=O)N1CCN(C(=O)OCc2ccccc2)CC1.CC(C)(C)OC(=O)N1CCC[C@@H]1C(=O)N1CCNCC1. The molecule has 1 aromatic rings. The summed E-state index contributed by atoms with van der Waals surface area (Å²) in [7, 11) is 0. The van der Waals surface area contributed by atoms with Gasteiger partial charge in [-0.05, 0) is 72.8 Å². The van der Waals surface area contributed by atoms with E-state index in [1.165, 1.54) is 4.90 Å². The minimum atomic E-state index is -0.598. The number of ether oxygens (including phenoxy) is 3. The molecule has 5 amide bonds. The molecule has 14 heteroatoms. The maximum absolute atomic E-state index is 13.0. The standard InChI is InChI=1S/C22H31N3O5.C14H25N3O3/c1-22(2,3)30-21(28)25-11-7-10-18(25)19(26)23-12-14-24(15-13-23)20(27)29-16-17-8-5-4-6-9-17;1-14(2,3)20-13(19)17-8-4-5-11(17)12(18)16-9-6-15-7-10-16/h4-6,8-9,18H,7,10-16H2,1-3H3;11,15H,4-10H2,1-3H3/t18-;11-/m11/s1. The molecule has 0 aromatic heterocycles. The lowest BCUT2D eigenvalue weighted by atomic mass is 10.1. The van der Waals surface area contributed by atoms with Gasteiger partial charge in [-0.3, -0.25) is 19.4 Å². The molecule has 4 saturated heterocycles. The second-order valence-electron chi connectivity index (χ2n) is 15.1. The van der Waals surface area contributed by atoms with E-state index >= 15 is 0 Å². The zero-order valence-electron chi connectivity index (χ0n) is 30.7. The molecular weight excluding hydrogens is 644 g/mol. The number of hydrogen-bond donors (Lipinski definition) is 1. The molecule has 4 heterocycles. The Hall–Kier alpha value is -4.07. The number of amides is 5. The normalized spacial score (nSPS) is 21.3. The molecule has 0 bridgehead atoms. The average molecular weight is 701 g/mol. The highest BCUT2D eigenvalue weighted by molar-refractivity contribution is 5.87. The molecule has 0 saturated carbocycles. The van der Waals surface area contributed by atoms with Gasteiger partial charge in [0.05, 0.1) is 0 Å². The molecule has 14 nitrogen and oxygen atoms in total. The molecule has 278 valence electrons. The van der Waals surface area contributed by atoms with Crippen molar-refractivity contribution < 1.29 is 38.2 Å². The summed E-state index contributed by atoms with van der Waals surface area (Å²) in [5.74, 6) is -0.00878. The van der Waals surface area contributed by atoms with E-state index in [4.69, 9.17) is 14.2 Å². The summed E-state index contributed by atoms with van der Waals surface area (Å²) < 4.78 is 16.2. The van der Waals surface area contributed by atoms with Crippen LogP contribution in [0, 0.1) is 0 Å². The third-order valence-corrected chi connectivity index (χ3v) is 8.82. The van der Waals surface area contributed by atoms with Gasteiger partial charge in [0.15, 0.2) is 0 Å². The van der Waals surface area contributed by atoms with Crippen LogP contribution >= 0.6 is 0 Å². The Morgan fingerprint density at radius 2 is 1.06 bits per heavy atom. The van der Waals surface area contributed by atoms with Crippen LogP contribution < -0.4 is 5.32 Å². The fourth-order valence-electron chi connectivity index (χ4n) is 6.35. The van der Waals surface area contributed by atoms with Crippen LogP contribution in [0.2, 0.25) is 0 Å². The first-order valence-electron chi connectivity index (χ1n) is 17.9. The molecule has 4 aliphatic heterocycles. The fourth-order valence-corrected chi connectivity index (χ4v) is 6.35. The molecule has 4 fully saturated rings. The van der Waals surface area contributed by atoms with Crippen molar-refractivity contribution in [2.24, 2.45) is 0 Å². The number of rotatable bonds is 4. The van der Waals surface area contributed by atoms with Crippen molar-refractivity contribution in [3.63, 3.8) is 0 Å². The number of likely N-dealkylation sites (tertiary alicyclic amines) is 2. The van der Waals surface area contributed by atoms with E-state index in [1.54, 1.807) is 14.7 Å². The van der Waals surface area contributed by atoms with E-state index in [0.29, 0.717) is 45.7 Å². The molecule has 0 aliphatic carbocycles. The molecule has 0 radical (unpaired) electrons. The van der Waals surface area contributed by atoms with Gasteiger partial charge in [-0.1, -0.05) is 30.3 Å². The molecule has 1 aromatic carbocycles. The van der Waals surface area contributed by atoms with Crippen LogP contribution in [-0.4, -0.2) is 143 Å². The van der Waals surface area contributed by atoms with Crippen LogP contribution in [-0.2, 0) is 30.4 Å². The Morgan fingerprint density at radius 3 is 1.52 bits per heavy atom. The summed E-state index contributed by atoms with van der Waals surface area (Å²) in [6, 6.07) is 8.69. The Morgan fingerprint density at radius 1 is 0.620 bits per heavy atom. The van der Waals surface area contributed by atoms with Gasteiger partial charge in [0.2, 0.25) is 11.8 Å². The minimum absolute atomic E-state index is 0.0647. The fraction of sp³-hybridized carbons (Fsp3) is 0.694. The van der Waals surface area contributed by atoms with E-state index in [1.807, 2.05) is 76.8 Å². The summed E-state index contributed by atoms with van der Waals surface area (Å²) in [4.78, 5) is 70.8. The van der Waals surface area contributed by atoms with E-state index in [9.17, 15) is 24.0 Å². The molecule has 0 spiro atoms. The molecule has 0 unspecified atom stereocenters. The van der Waals surface area contributed by atoms with Crippen LogP contribution in [0.3, 0.4) is 0 Å². The Kier molecular flexibility index (Phi) is 13.3. The molecule has 5 rings (SSSR count). The van der Waals surface area contributed by atoms with Crippen LogP contribution in [0.15, 0.2) is 30.3 Å². The van der Waals surface area contributed by atoms with E-state index in [2.05, 4.69) is 5.32 Å². The highest BCUT2D eigenvalue weighted by Crippen LogP contribution is 2.24. The van der Waals surface area contributed by atoms with Crippen molar-refractivity contribution in [3.8, 4) is 0 Å². The first-order valence-corrected chi connectivity index (χ1v) is 17.9. The van der Waals surface area contributed by atoms with Gasteiger partial charge in [-0.25, -0.2) is 14.4 Å². The highest BCUT2D eigenvalue weighted by Gasteiger charge is 2.40. The number of carbonyl (C=O) groups excluding carboxylic acids is 5. The van der Waals surface area contributed by atoms with Gasteiger partial charge >= 0.3 is 18.3 Å². The third kappa shape index (κ3) is 11.2. The summed E-state index contributed by atoms with van der Waals surface area (Å²) in [5, 5.41) is 3.23. The summed E-state index contributed by atoms with van der Waals surface area (Å²) in [5.41, 5.74) is -0.190. The van der Waals surface area contributed by atoms with Crippen LogP contribution in [0.4, 0.5) is 14.4 Å². The van der Waals surface area contributed by atoms with Crippen molar-refractivity contribution in [1.29, 1.82) is 0 Å². The van der Waals surface area contributed by atoms with E-state index < -0.39 is 23.3 Å². The first-order chi connectivity index (χ1) is 23.6. The topological polar surface area (TPSA) is 141 Å². The van der Waals surface area contributed by atoms with Gasteiger partial charge in [0, 0.05) is 65.4 Å². The smallest absolute Gasteiger partial charge is 0.410 e. The molecule has 4 aliphatic rings. The van der Waals surface area contributed by atoms with Gasteiger partial charge in [0.1, 0.15) is 29.9 Å². The van der Waals surface area contributed by atoms with Gasteiger partial charge in [0.25, 0.3) is 0 Å². The number of benzene rings is 1. The van der Waals surface area contributed by atoms with Gasteiger partial charge < -0.3 is 34.2 Å². The Bertz CT molecular complexity index is 1320. The zero-order valence-corrected chi connectivity index (χ0v) is 30.7. The maximum Gasteiger partial charge on any atom is 0.410 e. The third-order valence-electron chi connectivity index (χ3n) is 8.82. The molecule has 50 heavy (non-hydrogen) atoms. The molecular formula is C36H56N6O8. The van der Waals surface area contributed by atoms with Crippen molar-refractivity contribution >= 4 is 30.1 Å². The van der Waals surface area contributed by atoms with Crippen LogP contribution in [0.25, 0.3) is 0 Å². The Balaban J connectivity index is 0.000000244. The second kappa shape index (κ2) is 17.2. The van der Waals surface area contributed by atoms with E-state index in [-0.39, 0.29) is 36.6 Å². The predicted molar refractivity (Wildman–Crippen MR) is 186 cm³/mol. The van der Waals surface area contributed by atoms with Gasteiger partial charge in [-0.15, -0.1) is 0 Å². The van der Waals surface area contributed by atoms with Crippen molar-refractivity contribution in [3.05, 3.63) is 35.9 Å². The van der Waals surface area contributed by atoms with E-state index in [0.717, 1.165) is 51.0 Å². The van der Waals surface area contributed by atoms with Crippen LogP contribution in [0.1, 0.15) is 72.8 Å². The quantitative estimate of drug-likeness (QED) is 0.466. The number of nitrogens with one attached hydrogen (secondary N) is 1. The number of carbonyl (C=O) groups is 5. The number of piperazine rings is 2. The Labute approximate surface area is 296 Å². The van der Waals surface area contributed by atoms with Crippen molar-refractivity contribution in [2.75, 3.05) is 65.4 Å². The summed E-state index contributed by atoms with van der Waals surface area (Å²) >= 11 is 0. The lowest BCUT2D eigenvalue weighted by Crippen LogP contribution is -2.55. The zero-order chi connectivity index (χ0) is 36.5. The lowest BCUT2D eigenvalue weighted by Gasteiger charge is -2.37.